The van der Waals surface area contributed by atoms with Crippen molar-refractivity contribution in [2.24, 2.45) is 5.73 Å². The number of amides is 2. The van der Waals surface area contributed by atoms with E-state index in [2.05, 4.69) is 31.5 Å². The lowest BCUT2D eigenvalue weighted by Crippen LogP contribution is -2.64. The van der Waals surface area contributed by atoms with Gasteiger partial charge in [0.1, 0.15) is 17.2 Å². The lowest BCUT2D eigenvalue weighted by Gasteiger charge is -2.41. The molecular weight excluding hydrogens is 546 g/mol. The van der Waals surface area contributed by atoms with Gasteiger partial charge in [0.15, 0.2) is 5.96 Å². The molecule has 0 unspecified atom stereocenters. The minimum atomic E-state index is -1.19. The number of carbonyl (C=O) groups excluding carboxylic acids is 2. The number of fused-ring (bicyclic) bond motifs is 1. The number of nitrogens with one attached hydrogen (secondary N) is 4. The first-order chi connectivity index (χ1) is 17.7. The van der Waals surface area contributed by atoms with Crippen LogP contribution >= 0.6 is 15.9 Å². The van der Waals surface area contributed by atoms with Crippen molar-refractivity contribution in [2.45, 2.75) is 24.8 Å². The number of hydrogen-bond acceptors (Lipinski definition) is 3. The van der Waals surface area contributed by atoms with Gasteiger partial charge < -0.3 is 26.3 Å². The number of carbonyl (C=O) groups is 2. The highest BCUT2D eigenvalue weighted by molar-refractivity contribution is 9.10. The molecule has 0 atom stereocenters. The molecule has 2 amide bonds. The van der Waals surface area contributed by atoms with E-state index in [0.717, 1.165) is 16.5 Å². The Labute approximate surface area is 220 Å². The third-order valence-corrected chi connectivity index (χ3v) is 7.14. The molecule has 3 aromatic rings. The van der Waals surface area contributed by atoms with Crippen molar-refractivity contribution in [2.75, 3.05) is 19.6 Å². The standard InChI is InChI=1S/C26H27BrF2N6O2/c27-20-13-16(1-4-21(20)29)2-6-23(36)34-26(8-11-35(12-9-26)25(30)31)24(37)32-10-7-17-15-33-22-5-3-18(28)14-19(17)22/h1-6,13-15,33H,7-12H2,(H3,30,31)(H,32,37)(H,34,36). The fraction of sp³-hybridized carbons (Fsp3) is 0.269. The molecule has 2 aromatic carbocycles. The van der Waals surface area contributed by atoms with E-state index in [1.165, 1.54) is 36.4 Å². The first kappa shape index (κ1) is 26.3. The Hall–Kier alpha value is -3.73. The summed E-state index contributed by atoms with van der Waals surface area (Å²) in [4.78, 5) is 30.9. The highest BCUT2D eigenvalue weighted by Gasteiger charge is 2.42. The molecule has 4 rings (SSSR count). The molecule has 1 aliphatic rings. The summed E-state index contributed by atoms with van der Waals surface area (Å²) in [5.41, 5.74) is 6.71. The lowest BCUT2D eigenvalue weighted by molar-refractivity contribution is -0.133. The monoisotopic (exact) mass is 572 g/mol. The largest absolute Gasteiger partial charge is 0.370 e. The lowest BCUT2D eigenvalue weighted by atomic mass is 9.86. The number of piperidine rings is 1. The minimum absolute atomic E-state index is 0.0892. The van der Waals surface area contributed by atoms with Gasteiger partial charge in [-0.1, -0.05) is 6.07 Å². The van der Waals surface area contributed by atoms with Gasteiger partial charge in [-0.05, 0) is 82.7 Å². The van der Waals surface area contributed by atoms with E-state index in [1.807, 2.05) is 0 Å². The first-order valence-electron chi connectivity index (χ1n) is 11.7. The Balaban J connectivity index is 1.44. The van der Waals surface area contributed by atoms with Crippen LogP contribution in [0.25, 0.3) is 17.0 Å². The zero-order valence-electron chi connectivity index (χ0n) is 19.9. The highest BCUT2D eigenvalue weighted by Crippen LogP contribution is 2.24. The van der Waals surface area contributed by atoms with E-state index < -0.39 is 17.3 Å². The van der Waals surface area contributed by atoms with Gasteiger partial charge in [0, 0.05) is 42.8 Å². The molecule has 194 valence electrons. The van der Waals surface area contributed by atoms with Gasteiger partial charge in [-0.3, -0.25) is 15.0 Å². The highest BCUT2D eigenvalue weighted by atomic mass is 79.9. The van der Waals surface area contributed by atoms with Crippen LogP contribution in [-0.2, 0) is 16.0 Å². The van der Waals surface area contributed by atoms with Gasteiger partial charge in [0.25, 0.3) is 0 Å². The molecule has 11 heteroatoms. The fourth-order valence-corrected chi connectivity index (χ4v) is 4.84. The van der Waals surface area contributed by atoms with Crippen LogP contribution in [0, 0.1) is 17.0 Å². The molecule has 1 fully saturated rings. The number of guanidine groups is 1. The number of nitrogens with two attached hydrogens (primary N) is 1. The molecule has 1 aromatic heterocycles. The number of nitrogens with zero attached hydrogens (tertiary/aromatic N) is 1. The number of H-pyrrole nitrogens is 1. The number of aromatic amines is 1. The van der Waals surface area contributed by atoms with Crippen LogP contribution in [0.15, 0.2) is 53.1 Å². The Morgan fingerprint density at radius 3 is 2.65 bits per heavy atom. The predicted octanol–water partition coefficient (Wildman–Crippen LogP) is 3.42. The summed E-state index contributed by atoms with van der Waals surface area (Å²) in [5, 5.41) is 14.2. The maximum atomic E-state index is 13.7. The average molecular weight is 573 g/mol. The Bertz CT molecular complexity index is 1360. The van der Waals surface area contributed by atoms with Gasteiger partial charge in [-0.25, -0.2) is 8.78 Å². The molecule has 0 bridgehead atoms. The summed E-state index contributed by atoms with van der Waals surface area (Å²) in [6.07, 6.45) is 5.62. The smallest absolute Gasteiger partial charge is 0.245 e. The van der Waals surface area contributed by atoms with Crippen LogP contribution < -0.4 is 16.4 Å². The van der Waals surface area contributed by atoms with Gasteiger partial charge in [-0.15, -0.1) is 0 Å². The number of likely N-dealkylation sites (tertiary alicyclic amines) is 1. The van der Waals surface area contributed by atoms with Crippen molar-refractivity contribution in [3.05, 3.63) is 75.9 Å². The number of halogens is 3. The van der Waals surface area contributed by atoms with Crippen molar-refractivity contribution in [3.8, 4) is 0 Å². The Morgan fingerprint density at radius 2 is 1.95 bits per heavy atom. The van der Waals surface area contributed by atoms with Crippen LogP contribution in [0.5, 0.6) is 0 Å². The predicted molar refractivity (Wildman–Crippen MR) is 142 cm³/mol. The van der Waals surface area contributed by atoms with Crippen molar-refractivity contribution in [1.29, 1.82) is 5.41 Å². The molecule has 0 spiro atoms. The van der Waals surface area contributed by atoms with Crippen LogP contribution in [0.3, 0.4) is 0 Å². The SMILES string of the molecule is N=C(N)N1CCC(NC(=O)C=Cc2ccc(F)c(Br)c2)(C(=O)NCCc2c[nH]c3ccc(F)cc23)CC1. The second kappa shape index (κ2) is 11.1. The molecule has 0 radical (unpaired) electrons. The molecule has 8 nitrogen and oxygen atoms in total. The molecule has 1 saturated heterocycles. The third kappa shape index (κ3) is 6.16. The summed E-state index contributed by atoms with van der Waals surface area (Å²) in [7, 11) is 0. The van der Waals surface area contributed by atoms with Crippen molar-refractivity contribution < 1.29 is 18.4 Å². The van der Waals surface area contributed by atoms with Crippen LogP contribution in [-0.4, -0.2) is 52.8 Å². The topological polar surface area (TPSA) is 127 Å². The number of benzene rings is 2. The number of hydrogen-bond donors (Lipinski definition) is 5. The molecule has 0 saturated carbocycles. The zero-order chi connectivity index (χ0) is 26.6. The maximum absolute atomic E-state index is 13.7. The van der Waals surface area contributed by atoms with Gasteiger partial charge in [0.05, 0.1) is 4.47 Å². The Morgan fingerprint density at radius 1 is 1.19 bits per heavy atom. The molecule has 2 heterocycles. The van der Waals surface area contributed by atoms with E-state index in [-0.39, 0.29) is 41.5 Å². The average Bonchev–Trinajstić information content (AvgIpc) is 3.27. The molecule has 0 aliphatic carbocycles. The third-order valence-electron chi connectivity index (χ3n) is 6.53. The summed E-state index contributed by atoms with van der Waals surface area (Å²) >= 11 is 3.12. The quantitative estimate of drug-likeness (QED) is 0.169. The normalized spacial score (nSPS) is 15.2. The van der Waals surface area contributed by atoms with Gasteiger partial charge in [0.2, 0.25) is 11.8 Å². The number of rotatable bonds is 7. The van der Waals surface area contributed by atoms with E-state index in [9.17, 15) is 18.4 Å². The molecule has 1 aliphatic heterocycles. The fourth-order valence-electron chi connectivity index (χ4n) is 4.44. The van der Waals surface area contributed by atoms with Crippen LogP contribution in [0.4, 0.5) is 8.78 Å². The first-order valence-corrected chi connectivity index (χ1v) is 12.5. The van der Waals surface area contributed by atoms with E-state index >= 15 is 0 Å². The van der Waals surface area contributed by atoms with E-state index in [4.69, 9.17) is 11.1 Å². The molecule has 37 heavy (non-hydrogen) atoms. The maximum Gasteiger partial charge on any atom is 0.245 e. The van der Waals surface area contributed by atoms with Crippen LogP contribution in [0.1, 0.15) is 24.0 Å². The summed E-state index contributed by atoms with van der Waals surface area (Å²) in [5.74, 6) is -1.65. The van der Waals surface area contributed by atoms with Crippen molar-refractivity contribution in [3.63, 3.8) is 0 Å². The van der Waals surface area contributed by atoms with Crippen molar-refractivity contribution >= 4 is 50.7 Å². The van der Waals surface area contributed by atoms with E-state index in [1.54, 1.807) is 23.2 Å². The van der Waals surface area contributed by atoms with Crippen LogP contribution in [0.2, 0.25) is 0 Å². The minimum Gasteiger partial charge on any atom is -0.370 e. The second-order valence-electron chi connectivity index (χ2n) is 8.96. The molecule has 6 N–H and O–H groups in total. The van der Waals surface area contributed by atoms with Gasteiger partial charge in [-0.2, -0.15) is 0 Å². The van der Waals surface area contributed by atoms with E-state index in [0.29, 0.717) is 25.1 Å². The summed E-state index contributed by atoms with van der Waals surface area (Å²) < 4.78 is 27.4. The summed E-state index contributed by atoms with van der Waals surface area (Å²) in [6.45, 7) is 0.953. The summed E-state index contributed by atoms with van der Waals surface area (Å²) in [6, 6.07) is 8.87. The second-order valence-corrected chi connectivity index (χ2v) is 9.81. The molecular formula is C26H27BrF2N6O2. The Kier molecular flexibility index (Phi) is 7.91. The number of aromatic nitrogens is 1. The zero-order valence-corrected chi connectivity index (χ0v) is 21.5. The van der Waals surface area contributed by atoms with Crippen molar-refractivity contribution in [1.82, 2.24) is 20.5 Å². The van der Waals surface area contributed by atoms with Gasteiger partial charge >= 0.3 is 0 Å².